The maximum absolute atomic E-state index is 6.22. The Morgan fingerprint density at radius 1 is 1.33 bits per heavy atom. The molecule has 0 radical (unpaired) electrons. The standard InChI is InChI=1S/C12H14Cl2N4/c1-15-10(6-11-16-7-17-18(11)2)12-8(13)4-3-5-9(12)14/h3-5,7,10,15H,6H2,1-2H3. The lowest BCUT2D eigenvalue weighted by atomic mass is 10.0. The van der Waals surface area contributed by atoms with Crippen LogP contribution in [-0.4, -0.2) is 21.8 Å². The summed E-state index contributed by atoms with van der Waals surface area (Å²) in [5.74, 6) is 0.880. The normalized spacial score (nSPS) is 12.7. The number of aryl methyl sites for hydroxylation is 1. The summed E-state index contributed by atoms with van der Waals surface area (Å²) >= 11 is 12.4. The molecule has 1 N–H and O–H groups in total. The Balaban J connectivity index is 2.32. The fourth-order valence-corrected chi connectivity index (χ4v) is 2.54. The van der Waals surface area contributed by atoms with Gasteiger partial charge in [-0.1, -0.05) is 29.3 Å². The smallest absolute Gasteiger partial charge is 0.138 e. The van der Waals surface area contributed by atoms with E-state index in [0.29, 0.717) is 16.5 Å². The highest BCUT2D eigenvalue weighted by Crippen LogP contribution is 2.31. The molecule has 4 nitrogen and oxygen atoms in total. The van der Waals surface area contributed by atoms with Gasteiger partial charge in [0.25, 0.3) is 0 Å². The van der Waals surface area contributed by atoms with Gasteiger partial charge < -0.3 is 5.32 Å². The summed E-state index contributed by atoms with van der Waals surface area (Å²) in [6.07, 6.45) is 2.21. The van der Waals surface area contributed by atoms with Crippen molar-refractivity contribution in [1.82, 2.24) is 20.1 Å². The van der Waals surface area contributed by atoms with E-state index in [1.54, 1.807) is 4.68 Å². The van der Waals surface area contributed by atoms with Crippen molar-refractivity contribution in [2.45, 2.75) is 12.5 Å². The van der Waals surface area contributed by atoms with Crippen molar-refractivity contribution < 1.29 is 0 Å². The molecule has 1 unspecified atom stereocenters. The quantitative estimate of drug-likeness (QED) is 0.939. The van der Waals surface area contributed by atoms with Crippen molar-refractivity contribution >= 4 is 23.2 Å². The van der Waals surface area contributed by atoms with Crippen LogP contribution in [0.1, 0.15) is 17.4 Å². The first-order valence-electron chi connectivity index (χ1n) is 5.57. The topological polar surface area (TPSA) is 42.7 Å². The second kappa shape index (κ2) is 5.69. The first-order valence-corrected chi connectivity index (χ1v) is 6.33. The van der Waals surface area contributed by atoms with Crippen LogP contribution in [0.4, 0.5) is 0 Å². The van der Waals surface area contributed by atoms with E-state index >= 15 is 0 Å². The number of benzene rings is 1. The van der Waals surface area contributed by atoms with Crippen LogP contribution in [0.2, 0.25) is 10.0 Å². The number of nitrogens with zero attached hydrogens (tertiary/aromatic N) is 3. The molecule has 0 bridgehead atoms. The van der Waals surface area contributed by atoms with E-state index in [-0.39, 0.29) is 6.04 Å². The number of likely N-dealkylation sites (N-methyl/N-ethyl adjacent to an activating group) is 1. The predicted molar refractivity (Wildman–Crippen MR) is 73.0 cm³/mol. The molecule has 1 atom stereocenters. The van der Waals surface area contributed by atoms with Gasteiger partial charge in [-0.25, -0.2) is 4.98 Å². The van der Waals surface area contributed by atoms with E-state index in [1.807, 2.05) is 32.3 Å². The molecule has 2 rings (SSSR count). The Morgan fingerprint density at radius 3 is 2.50 bits per heavy atom. The van der Waals surface area contributed by atoms with Crippen LogP contribution in [0.5, 0.6) is 0 Å². The lowest BCUT2D eigenvalue weighted by molar-refractivity contribution is 0.553. The van der Waals surface area contributed by atoms with Gasteiger partial charge in [-0.15, -0.1) is 0 Å². The third kappa shape index (κ3) is 2.66. The first kappa shape index (κ1) is 13.3. The molecule has 0 aliphatic carbocycles. The number of rotatable bonds is 4. The van der Waals surface area contributed by atoms with E-state index in [2.05, 4.69) is 15.4 Å². The summed E-state index contributed by atoms with van der Waals surface area (Å²) in [6, 6.07) is 5.52. The van der Waals surface area contributed by atoms with E-state index in [4.69, 9.17) is 23.2 Å². The van der Waals surface area contributed by atoms with Crippen LogP contribution in [0.3, 0.4) is 0 Å². The molecule has 0 amide bonds. The zero-order chi connectivity index (χ0) is 13.1. The number of hydrogen-bond acceptors (Lipinski definition) is 3. The van der Waals surface area contributed by atoms with Gasteiger partial charge in [-0.2, -0.15) is 5.10 Å². The Bertz CT molecular complexity index is 518. The van der Waals surface area contributed by atoms with Gasteiger partial charge in [-0.3, -0.25) is 4.68 Å². The molecule has 0 spiro atoms. The van der Waals surface area contributed by atoms with Gasteiger partial charge in [0.1, 0.15) is 12.2 Å². The summed E-state index contributed by atoms with van der Waals surface area (Å²) in [4.78, 5) is 4.21. The molecule has 1 aromatic carbocycles. The maximum Gasteiger partial charge on any atom is 0.138 e. The highest BCUT2D eigenvalue weighted by Gasteiger charge is 2.18. The van der Waals surface area contributed by atoms with Crippen LogP contribution in [0.15, 0.2) is 24.5 Å². The molecule has 1 aromatic heterocycles. The van der Waals surface area contributed by atoms with Crippen LogP contribution >= 0.6 is 23.2 Å². The Labute approximate surface area is 116 Å². The molecule has 0 saturated carbocycles. The van der Waals surface area contributed by atoms with Crippen molar-refractivity contribution in [2.24, 2.45) is 7.05 Å². The number of halogens is 2. The van der Waals surface area contributed by atoms with Gasteiger partial charge in [-0.05, 0) is 19.2 Å². The largest absolute Gasteiger partial charge is 0.313 e. The minimum atomic E-state index is 0.00843. The van der Waals surface area contributed by atoms with Crippen molar-refractivity contribution in [1.29, 1.82) is 0 Å². The monoisotopic (exact) mass is 284 g/mol. The summed E-state index contributed by atoms with van der Waals surface area (Å²) in [6.45, 7) is 0. The average molecular weight is 285 g/mol. The van der Waals surface area contributed by atoms with Gasteiger partial charge in [0.15, 0.2) is 0 Å². The van der Waals surface area contributed by atoms with Crippen LogP contribution in [0.25, 0.3) is 0 Å². The van der Waals surface area contributed by atoms with Gasteiger partial charge in [0.2, 0.25) is 0 Å². The van der Waals surface area contributed by atoms with Crippen molar-refractivity contribution in [3.05, 3.63) is 46.0 Å². The van der Waals surface area contributed by atoms with Crippen molar-refractivity contribution in [3.63, 3.8) is 0 Å². The third-order valence-electron chi connectivity index (χ3n) is 2.89. The zero-order valence-corrected chi connectivity index (χ0v) is 11.7. The molecular formula is C12H14Cl2N4. The molecule has 2 aromatic rings. The fourth-order valence-electron chi connectivity index (χ4n) is 1.88. The van der Waals surface area contributed by atoms with Crippen LogP contribution in [-0.2, 0) is 13.5 Å². The highest BCUT2D eigenvalue weighted by atomic mass is 35.5. The van der Waals surface area contributed by atoms with Gasteiger partial charge in [0.05, 0.1) is 0 Å². The molecule has 6 heteroatoms. The predicted octanol–water partition coefficient (Wildman–Crippen LogP) is 2.63. The molecule has 1 heterocycles. The Hall–Kier alpha value is -1.10. The fraction of sp³-hybridized carbons (Fsp3) is 0.333. The molecule has 0 aliphatic rings. The van der Waals surface area contributed by atoms with Crippen LogP contribution < -0.4 is 5.32 Å². The van der Waals surface area contributed by atoms with Gasteiger partial charge in [0, 0.05) is 35.1 Å². The summed E-state index contributed by atoms with van der Waals surface area (Å²) in [5.41, 5.74) is 0.895. The Kier molecular flexibility index (Phi) is 4.22. The lowest BCUT2D eigenvalue weighted by Gasteiger charge is -2.18. The van der Waals surface area contributed by atoms with Gasteiger partial charge >= 0.3 is 0 Å². The maximum atomic E-state index is 6.22. The van der Waals surface area contributed by atoms with Crippen molar-refractivity contribution in [3.8, 4) is 0 Å². The molecule has 0 aliphatic heterocycles. The van der Waals surface area contributed by atoms with E-state index in [9.17, 15) is 0 Å². The summed E-state index contributed by atoms with van der Waals surface area (Å²) in [7, 11) is 3.74. The first-order chi connectivity index (χ1) is 8.63. The summed E-state index contributed by atoms with van der Waals surface area (Å²) < 4.78 is 1.75. The summed E-state index contributed by atoms with van der Waals surface area (Å²) in [5, 5.41) is 8.58. The second-order valence-electron chi connectivity index (χ2n) is 3.98. The van der Waals surface area contributed by atoms with Crippen LogP contribution in [0, 0.1) is 0 Å². The van der Waals surface area contributed by atoms with E-state index in [0.717, 1.165) is 11.4 Å². The molecule has 0 fully saturated rings. The number of hydrogen-bond donors (Lipinski definition) is 1. The third-order valence-corrected chi connectivity index (χ3v) is 3.55. The second-order valence-corrected chi connectivity index (χ2v) is 4.79. The molecular weight excluding hydrogens is 271 g/mol. The number of nitrogens with one attached hydrogen (secondary N) is 1. The SMILES string of the molecule is CNC(Cc1ncnn1C)c1c(Cl)cccc1Cl. The Morgan fingerprint density at radius 2 is 2.00 bits per heavy atom. The molecule has 96 valence electrons. The lowest BCUT2D eigenvalue weighted by Crippen LogP contribution is -2.21. The molecule has 0 saturated heterocycles. The average Bonchev–Trinajstić information content (AvgIpc) is 2.73. The minimum absolute atomic E-state index is 0.00843. The minimum Gasteiger partial charge on any atom is -0.313 e. The van der Waals surface area contributed by atoms with Crippen molar-refractivity contribution in [2.75, 3.05) is 7.05 Å². The molecule has 18 heavy (non-hydrogen) atoms. The van der Waals surface area contributed by atoms with E-state index < -0.39 is 0 Å². The number of aromatic nitrogens is 3. The zero-order valence-electron chi connectivity index (χ0n) is 10.2. The highest BCUT2D eigenvalue weighted by molar-refractivity contribution is 6.36. The van der Waals surface area contributed by atoms with E-state index in [1.165, 1.54) is 6.33 Å².